The van der Waals surface area contributed by atoms with E-state index in [4.69, 9.17) is 14.4 Å². The van der Waals surface area contributed by atoms with Crippen LogP contribution < -0.4 is 5.19 Å². The summed E-state index contributed by atoms with van der Waals surface area (Å²) < 4.78 is 8.53. The maximum atomic E-state index is 6.16. The minimum atomic E-state index is -1.46. The minimum Gasteiger partial charge on any atom is -0.486 e. The fourth-order valence-corrected chi connectivity index (χ4v) is 10.1. The topological polar surface area (TPSA) is 56.7 Å². The number of rotatable bonds is 9. The molecule has 323 valence electrons. The molecule has 0 N–H and O–H groups in total. The summed E-state index contributed by atoms with van der Waals surface area (Å²) in [5.74, 6) is 2.25. The standard InChI is InChI=1S/C32H31N2.C24H27N2OSi.Ir/c1-21(2)27-19-26(24-11-7-6-8-12-24)20-28(22(3)4)31(27)34-30-14-10-9-13-29(30)33-32(34)25-17-15-23(5)16-18-25;1-15(2)12-17-13-21(25-14-22(17)28(4,5)6)20-9-7-8-18-19-11-10-16(3)26-24(19)27-23(18)20;/h6-17,19-22H,1-5H3;7-8,10-11,13-15H,12H2,1-6H3;/q2*-1;. The van der Waals surface area contributed by atoms with Gasteiger partial charge in [0.2, 0.25) is 5.71 Å². The van der Waals surface area contributed by atoms with E-state index in [1.807, 2.05) is 31.2 Å². The Labute approximate surface area is 388 Å². The normalized spacial score (nSPS) is 11.8. The van der Waals surface area contributed by atoms with Crippen LogP contribution >= 0.6 is 0 Å². The van der Waals surface area contributed by atoms with E-state index in [0.717, 1.165) is 62.1 Å². The number of nitrogens with zero attached hydrogens (tertiary/aromatic N) is 4. The molecule has 9 aromatic rings. The number of benzene rings is 5. The molecule has 4 aromatic heterocycles. The Kier molecular flexibility index (Phi) is 13.5. The molecule has 9 rings (SSSR count). The quantitative estimate of drug-likeness (QED) is 0.107. The van der Waals surface area contributed by atoms with Crippen LogP contribution in [0.2, 0.25) is 19.6 Å². The van der Waals surface area contributed by atoms with Gasteiger partial charge in [0, 0.05) is 43.1 Å². The minimum absolute atomic E-state index is 0. The Morgan fingerprint density at radius 1 is 0.714 bits per heavy atom. The third-order valence-corrected chi connectivity index (χ3v) is 13.7. The third kappa shape index (κ3) is 9.43. The van der Waals surface area contributed by atoms with Crippen LogP contribution in [0.15, 0.2) is 126 Å². The van der Waals surface area contributed by atoms with Gasteiger partial charge in [0.15, 0.2) is 0 Å². The van der Waals surface area contributed by atoms with Crippen LogP contribution in [0.3, 0.4) is 0 Å². The van der Waals surface area contributed by atoms with Crippen molar-refractivity contribution in [2.24, 2.45) is 5.92 Å². The molecule has 5 nitrogen and oxygen atoms in total. The zero-order valence-electron chi connectivity index (χ0n) is 38.5. The van der Waals surface area contributed by atoms with Gasteiger partial charge in [-0.1, -0.05) is 133 Å². The van der Waals surface area contributed by atoms with Crippen molar-refractivity contribution in [3.05, 3.63) is 162 Å². The molecule has 0 fully saturated rings. The summed E-state index contributed by atoms with van der Waals surface area (Å²) in [6.07, 6.45) is 3.16. The molecule has 0 atom stereocenters. The van der Waals surface area contributed by atoms with Crippen molar-refractivity contribution in [3.8, 4) is 39.5 Å². The van der Waals surface area contributed by atoms with Gasteiger partial charge in [-0.05, 0) is 101 Å². The van der Waals surface area contributed by atoms with E-state index in [2.05, 4.69) is 187 Å². The Balaban J connectivity index is 0.000000189. The zero-order chi connectivity index (χ0) is 43.9. The molecular weight excluding hydrogens is 965 g/mol. The van der Waals surface area contributed by atoms with Crippen molar-refractivity contribution in [1.82, 2.24) is 19.5 Å². The summed E-state index contributed by atoms with van der Waals surface area (Å²) in [7, 11) is -1.46. The zero-order valence-corrected chi connectivity index (χ0v) is 41.9. The van der Waals surface area contributed by atoms with Crippen LogP contribution in [0.4, 0.5) is 0 Å². The van der Waals surface area contributed by atoms with Gasteiger partial charge in [0.25, 0.3) is 0 Å². The molecule has 63 heavy (non-hydrogen) atoms. The second-order valence-electron chi connectivity index (χ2n) is 18.8. The van der Waals surface area contributed by atoms with E-state index in [1.165, 1.54) is 44.3 Å². The smallest absolute Gasteiger partial charge is 0.216 e. The molecule has 0 saturated carbocycles. The number of hydrogen-bond acceptors (Lipinski definition) is 4. The van der Waals surface area contributed by atoms with Crippen LogP contribution in [-0.2, 0) is 26.5 Å². The predicted molar refractivity (Wildman–Crippen MR) is 264 cm³/mol. The molecule has 5 aromatic carbocycles. The van der Waals surface area contributed by atoms with Crippen molar-refractivity contribution in [3.63, 3.8) is 0 Å². The van der Waals surface area contributed by atoms with Crippen LogP contribution in [0.25, 0.3) is 72.6 Å². The average molecular weight is 1020 g/mol. The first kappa shape index (κ1) is 45.6. The van der Waals surface area contributed by atoms with E-state index in [0.29, 0.717) is 23.5 Å². The maximum absolute atomic E-state index is 6.16. The molecule has 0 amide bonds. The van der Waals surface area contributed by atoms with Crippen molar-refractivity contribution in [2.45, 2.75) is 93.3 Å². The molecule has 0 spiro atoms. The van der Waals surface area contributed by atoms with Gasteiger partial charge in [-0.25, -0.2) is 4.98 Å². The summed E-state index contributed by atoms with van der Waals surface area (Å²) in [4.78, 5) is 14.5. The van der Waals surface area contributed by atoms with Gasteiger partial charge in [-0.15, -0.1) is 53.6 Å². The molecule has 0 unspecified atom stereocenters. The van der Waals surface area contributed by atoms with Gasteiger partial charge in [-0.3, -0.25) is 4.98 Å². The van der Waals surface area contributed by atoms with E-state index >= 15 is 0 Å². The summed E-state index contributed by atoms with van der Waals surface area (Å²) >= 11 is 0. The molecule has 1 radical (unpaired) electrons. The fraction of sp³-hybridized carbons (Fsp3) is 0.268. The Morgan fingerprint density at radius 3 is 2.06 bits per heavy atom. The third-order valence-electron chi connectivity index (χ3n) is 11.6. The van der Waals surface area contributed by atoms with E-state index < -0.39 is 8.07 Å². The second-order valence-corrected chi connectivity index (χ2v) is 23.8. The molecule has 0 aliphatic carbocycles. The number of aromatic nitrogens is 4. The first-order valence-electron chi connectivity index (χ1n) is 22.1. The average Bonchev–Trinajstić information content (AvgIpc) is 3.81. The maximum Gasteiger partial charge on any atom is 0.216 e. The van der Waals surface area contributed by atoms with Gasteiger partial charge >= 0.3 is 0 Å². The Morgan fingerprint density at radius 2 is 1.41 bits per heavy atom. The number of imidazole rings is 1. The van der Waals surface area contributed by atoms with E-state index in [9.17, 15) is 0 Å². The second kappa shape index (κ2) is 18.7. The SMILES string of the molecule is Cc1c[c-]c(-c2nc3ccccc3n2-c2c(C(C)C)cc(-c3ccccc3)cc2C(C)C)cc1.Cc1ccc2c(n1)oc1c(-c3cc(CC(C)C)c([Si](C)(C)C)cn3)[c-]ccc12.[Ir]. The van der Waals surface area contributed by atoms with Crippen LogP contribution in [-0.4, -0.2) is 27.6 Å². The van der Waals surface area contributed by atoms with Gasteiger partial charge in [0.05, 0.1) is 30.5 Å². The first-order valence-corrected chi connectivity index (χ1v) is 25.6. The monoisotopic (exact) mass is 1020 g/mol. The summed E-state index contributed by atoms with van der Waals surface area (Å²) in [5.41, 5.74) is 16.5. The van der Waals surface area contributed by atoms with Crippen molar-refractivity contribution in [1.29, 1.82) is 0 Å². The molecule has 0 aliphatic heterocycles. The molecule has 4 heterocycles. The first-order chi connectivity index (χ1) is 29.7. The van der Waals surface area contributed by atoms with Crippen molar-refractivity contribution < 1.29 is 24.5 Å². The Bertz CT molecular complexity index is 3000. The van der Waals surface area contributed by atoms with Gasteiger partial charge in [-0.2, -0.15) is 0 Å². The number of pyridine rings is 2. The molecular formula is C56H58IrN4OSi-2. The molecule has 0 aliphatic rings. The van der Waals surface area contributed by atoms with E-state index in [1.54, 1.807) is 0 Å². The summed E-state index contributed by atoms with van der Waals surface area (Å²) in [6.45, 7) is 24.9. The van der Waals surface area contributed by atoms with Crippen LogP contribution in [0.5, 0.6) is 0 Å². The van der Waals surface area contributed by atoms with Crippen LogP contribution in [0.1, 0.15) is 81.3 Å². The number of fused-ring (bicyclic) bond motifs is 4. The molecule has 0 bridgehead atoms. The number of para-hydroxylation sites is 2. The molecule has 0 saturated heterocycles. The number of aryl methyl sites for hydroxylation is 2. The Hall–Kier alpha value is -5.46. The number of furan rings is 1. The summed E-state index contributed by atoms with van der Waals surface area (Å²) in [5, 5.41) is 3.55. The largest absolute Gasteiger partial charge is 0.486 e. The molecule has 7 heteroatoms. The van der Waals surface area contributed by atoms with Gasteiger partial charge < -0.3 is 14.0 Å². The van der Waals surface area contributed by atoms with Crippen LogP contribution in [0, 0.1) is 31.9 Å². The summed E-state index contributed by atoms with van der Waals surface area (Å²) in [6, 6.07) is 47.4. The van der Waals surface area contributed by atoms with Gasteiger partial charge in [0.1, 0.15) is 0 Å². The van der Waals surface area contributed by atoms with Crippen molar-refractivity contribution in [2.75, 3.05) is 0 Å². The van der Waals surface area contributed by atoms with E-state index in [-0.39, 0.29) is 20.1 Å². The van der Waals surface area contributed by atoms with Crippen molar-refractivity contribution >= 4 is 46.4 Å². The fourth-order valence-electron chi connectivity index (χ4n) is 8.51. The predicted octanol–water partition coefficient (Wildman–Crippen LogP) is 14.6. The number of hydrogen-bond donors (Lipinski definition) is 0.